The molecule has 0 fully saturated rings. The molecule has 3 nitrogen and oxygen atoms in total. The van der Waals surface area contributed by atoms with Gasteiger partial charge in [0.25, 0.3) is 0 Å². The second-order valence-corrected chi connectivity index (χ2v) is 4.94. The van der Waals surface area contributed by atoms with Gasteiger partial charge in [-0.15, -0.1) is 0 Å². The number of aryl methyl sites for hydroxylation is 1. The van der Waals surface area contributed by atoms with E-state index in [0.29, 0.717) is 0 Å². The second-order valence-electron chi connectivity index (χ2n) is 4.50. The molecular formula is C16H18ClNO2. The van der Waals surface area contributed by atoms with Gasteiger partial charge in [-0.1, -0.05) is 23.7 Å². The quantitative estimate of drug-likeness (QED) is 0.892. The van der Waals surface area contributed by atoms with Crippen LogP contribution in [0, 0.1) is 6.92 Å². The fourth-order valence-electron chi connectivity index (χ4n) is 1.97. The summed E-state index contributed by atoms with van der Waals surface area (Å²) in [5, 5.41) is 4.14. The van der Waals surface area contributed by atoms with E-state index in [2.05, 4.69) is 5.32 Å². The van der Waals surface area contributed by atoms with E-state index in [1.54, 1.807) is 14.2 Å². The molecule has 0 unspecified atom stereocenters. The van der Waals surface area contributed by atoms with Crippen LogP contribution in [0.2, 0.25) is 5.02 Å². The van der Waals surface area contributed by atoms with Crippen LogP contribution >= 0.6 is 11.6 Å². The fourth-order valence-corrected chi connectivity index (χ4v) is 2.10. The maximum Gasteiger partial charge on any atom is 0.162 e. The van der Waals surface area contributed by atoms with Gasteiger partial charge in [0, 0.05) is 23.3 Å². The maximum absolute atomic E-state index is 5.88. The average molecular weight is 292 g/mol. The first-order valence-corrected chi connectivity index (χ1v) is 6.72. The molecular weight excluding hydrogens is 274 g/mol. The predicted octanol–water partition coefficient (Wildman–Crippen LogP) is 4.28. The lowest BCUT2D eigenvalue weighted by Crippen LogP contribution is -2.02. The molecule has 0 aliphatic heterocycles. The van der Waals surface area contributed by atoms with Crippen LogP contribution in [-0.2, 0) is 6.54 Å². The van der Waals surface area contributed by atoms with Crippen LogP contribution < -0.4 is 14.8 Å². The van der Waals surface area contributed by atoms with Crippen LogP contribution in [0.5, 0.6) is 11.5 Å². The lowest BCUT2D eigenvalue weighted by molar-refractivity contribution is 0.355. The summed E-state index contributed by atoms with van der Waals surface area (Å²) in [5.41, 5.74) is 3.30. The summed E-state index contributed by atoms with van der Waals surface area (Å²) in [6, 6.07) is 11.7. The highest BCUT2D eigenvalue weighted by Crippen LogP contribution is 2.33. The van der Waals surface area contributed by atoms with Gasteiger partial charge in [-0.2, -0.15) is 0 Å². The molecule has 4 heteroatoms. The van der Waals surface area contributed by atoms with Gasteiger partial charge in [-0.05, 0) is 36.2 Å². The van der Waals surface area contributed by atoms with Gasteiger partial charge in [0.1, 0.15) is 0 Å². The average Bonchev–Trinajstić information content (AvgIpc) is 2.47. The van der Waals surface area contributed by atoms with Crippen molar-refractivity contribution in [3.05, 3.63) is 52.5 Å². The molecule has 0 atom stereocenters. The van der Waals surface area contributed by atoms with E-state index in [9.17, 15) is 0 Å². The number of nitrogens with one attached hydrogen (secondary N) is 1. The van der Waals surface area contributed by atoms with Crippen LogP contribution in [0.1, 0.15) is 11.1 Å². The van der Waals surface area contributed by atoms with Crippen molar-refractivity contribution in [1.29, 1.82) is 0 Å². The number of anilines is 1. The Morgan fingerprint density at radius 1 is 1.00 bits per heavy atom. The molecule has 0 bridgehead atoms. The summed E-state index contributed by atoms with van der Waals surface area (Å²) in [6.07, 6.45) is 0. The number of halogens is 1. The molecule has 0 aliphatic rings. The van der Waals surface area contributed by atoms with Gasteiger partial charge >= 0.3 is 0 Å². The van der Waals surface area contributed by atoms with Crippen LogP contribution in [-0.4, -0.2) is 14.2 Å². The van der Waals surface area contributed by atoms with E-state index >= 15 is 0 Å². The zero-order valence-corrected chi connectivity index (χ0v) is 12.6. The Morgan fingerprint density at radius 3 is 2.20 bits per heavy atom. The van der Waals surface area contributed by atoms with E-state index in [1.807, 2.05) is 43.3 Å². The fraction of sp³-hybridized carbons (Fsp3) is 0.250. The molecule has 2 aromatic carbocycles. The third kappa shape index (κ3) is 3.36. The molecule has 0 heterocycles. The Hall–Kier alpha value is -1.87. The second kappa shape index (κ2) is 6.53. The Labute approximate surface area is 124 Å². The zero-order chi connectivity index (χ0) is 14.5. The molecule has 0 amide bonds. The number of hydrogen-bond donors (Lipinski definition) is 1. The molecule has 106 valence electrons. The van der Waals surface area contributed by atoms with Crippen molar-refractivity contribution < 1.29 is 9.47 Å². The summed E-state index contributed by atoms with van der Waals surface area (Å²) < 4.78 is 10.6. The van der Waals surface area contributed by atoms with Crippen molar-refractivity contribution in [2.75, 3.05) is 19.5 Å². The minimum atomic E-state index is 0.719. The third-order valence-corrected chi connectivity index (χ3v) is 3.38. The molecule has 20 heavy (non-hydrogen) atoms. The first kappa shape index (κ1) is 14.5. The lowest BCUT2D eigenvalue weighted by atomic mass is 10.1. The maximum atomic E-state index is 5.88. The van der Waals surface area contributed by atoms with E-state index in [4.69, 9.17) is 21.1 Å². The van der Waals surface area contributed by atoms with Gasteiger partial charge in [-0.3, -0.25) is 0 Å². The summed E-state index contributed by atoms with van der Waals surface area (Å²) in [5.74, 6) is 1.46. The van der Waals surface area contributed by atoms with E-state index in [-0.39, 0.29) is 0 Å². The standard InChI is InChI=1S/C16H18ClNO2/c1-11-8-15(19-2)16(20-3)9-14(11)18-10-12-4-6-13(17)7-5-12/h4-9,18H,10H2,1-3H3. The van der Waals surface area contributed by atoms with Crippen LogP contribution in [0.25, 0.3) is 0 Å². The number of hydrogen-bond acceptors (Lipinski definition) is 3. The first-order chi connectivity index (χ1) is 9.63. The number of benzene rings is 2. The Kier molecular flexibility index (Phi) is 4.74. The third-order valence-electron chi connectivity index (χ3n) is 3.13. The summed E-state index contributed by atoms with van der Waals surface area (Å²) in [7, 11) is 3.27. The number of methoxy groups -OCH3 is 2. The van der Waals surface area contributed by atoms with Crippen molar-refractivity contribution in [3.8, 4) is 11.5 Å². The molecule has 0 saturated carbocycles. The van der Waals surface area contributed by atoms with Gasteiger partial charge in [-0.25, -0.2) is 0 Å². The topological polar surface area (TPSA) is 30.5 Å². The summed E-state index contributed by atoms with van der Waals surface area (Å²) in [6.45, 7) is 2.76. The highest BCUT2D eigenvalue weighted by atomic mass is 35.5. The van der Waals surface area contributed by atoms with Crippen LogP contribution in [0.15, 0.2) is 36.4 Å². The van der Waals surface area contributed by atoms with Crippen molar-refractivity contribution in [2.24, 2.45) is 0 Å². The van der Waals surface area contributed by atoms with Gasteiger partial charge in [0.15, 0.2) is 11.5 Å². The first-order valence-electron chi connectivity index (χ1n) is 6.35. The smallest absolute Gasteiger partial charge is 0.162 e. The van der Waals surface area contributed by atoms with E-state index in [0.717, 1.165) is 34.3 Å². The Bertz CT molecular complexity index is 582. The minimum Gasteiger partial charge on any atom is -0.493 e. The SMILES string of the molecule is COc1cc(C)c(NCc2ccc(Cl)cc2)cc1OC. The number of ether oxygens (including phenoxy) is 2. The van der Waals surface area contributed by atoms with Crippen molar-refractivity contribution in [2.45, 2.75) is 13.5 Å². The van der Waals surface area contributed by atoms with Gasteiger partial charge in [0.05, 0.1) is 14.2 Å². The zero-order valence-electron chi connectivity index (χ0n) is 11.9. The largest absolute Gasteiger partial charge is 0.493 e. The van der Waals surface area contributed by atoms with E-state index in [1.165, 1.54) is 5.56 Å². The molecule has 0 aromatic heterocycles. The lowest BCUT2D eigenvalue weighted by Gasteiger charge is -2.14. The van der Waals surface area contributed by atoms with Gasteiger partial charge in [0.2, 0.25) is 0 Å². The highest BCUT2D eigenvalue weighted by molar-refractivity contribution is 6.30. The normalized spacial score (nSPS) is 10.2. The monoisotopic (exact) mass is 291 g/mol. The van der Waals surface area contributed by atoms with Crippen molar-refractivity contribution in [3.63, 3.8) is 0 Å². The Balaban J connectivity index is 2.14. The summed E-state index contributed by atoms with van der Waals surface area (Å²) >= 11 is 5.88. The van der Waals surface area contributed by atoms with Crippen molar-refractivity contribution >= 4 is 17.3 Å². The molecule has 0 spiro atoms. The van der Waals surface area contributed by atoms with E-state index < -0.39 is 0 Å². The molecule has 0 aliphatic carbocycles. The minimum absolute atomic E-state index is 0.719. The highest BCUT2D eigenvalue weighted by Gasteiger charge is 2.08. The molecule has 2 rings (SSSR count). The molecule has 0 radical (unpaired) electrons. The van der Waals surface area contributed by atoms with Crippen molar-refractivity contribution in [1.82, 2.24) is 0 Å². The van der Waals surface area contributed by atoms with Gasteiger partial charge < -0.3 is 14.8 Å². The molecule has 2 aromatic rings. The summed E-state index contributed by atoms with van der Waals surface area (Å²) in [4.78, 5) is 0. The predicted molar refractivity (Wildman–Crippen MR) is 83.1 cm³/mol. The van der Waals surface area contributed by atoms with Crippen LogP contribution in [0.3, 0.4) is 0 Å². The Morgan fingerprint density at radius 2 is 1.60 bits per heavy atom. The number of rotatable bonds is 5. The van der Waals surface area contributed by atoms with Crippen LogP contribution in [0.4, 0.5) is 5.69 Å². The molecule has 1 N–H and O–H groups in total. The molecule has 0 saturated heterocycles.